The Kier molecular flexibility index (Phi) is 11.2. The number of nitrogens with zero attached hydrogens (tertiary/aromatic N) is 4. The SMILES string of the molecule is COC(=O)N[C@H](C(=O)N1[C@H](c2nc(-c3ccc4c(c3)OCc3cc(-c5cnc([C@@H]6C[C@@]7(CCCOC7)CN6C(=O)[C@@H](C)C(C)C)[nH]5)ccc3-4)c[nH]2)C[C@@H]2CCCC[C@@H]21)C(C)C. The topological polar surface area (TPSA) is 155 Å². The fourth-order valence-electron chi connectivity index (χ4n) is 10.8. The molecular weight excluding hydrogens is 771 g/mol. The second-order valence-corrected chi connectivity index (χ2v) is 19.1. The van der Waals surface area contributed by atoms with Gasteiger partial charge in [-0.25, -0.2) is 14.8 Å². The van der Waals surface area contributed by atoms with Crippen LogP contribution >= 0.6 is 0 Å². The maximum absolute atomic E-state index is 14.3. The number of hydrogen-bond donors (Lipinski definition) is 3. The highest BCUT2D eigenvalue weighted by molar-refractivity contribution is 5.87. The summed E-state index contributed by atoms with van der Waals surface area (Å²) in [5.41, 5.74) is 6.85. The number of aromatic nitrogens is 4. The maximum atomic E-state index is 14.3. The molecule has 1 spiro atoms. The van der Waals surface area contributed by atoms with E-state index in [9.17, 15) is 14.4 Å². The standard InChI is InChI=1S/C48H61N7O6/c1-27(2)29(5)45(56)54-25-48(16-9-17-60-26-48)21-40(54)44-50-22-36(52-44)30-12-14-34-33(18-30)24-61-41-20-31(13-15-35(34)41)37-23-49-43(51-37)39-19-32-10-7-8-11-38(32)55(39)46(57)42(28(3)4)53-47(58)59-6/h12-15,18,20,22-23,27-29,32,38-40,42H,7-11,16-17,19,21,24-26H2,1-6H3,(H,49,51)(H,50,52)(H,53,58)/t29-,32-,38-,39-,40-,42-,48-/m0/s1. The fourth-order valence-corrected chi connectivity index (χ4v) is 10.8. The molecule has 324 valence electrons. The van der Waals surface area contributed by atoms with E-state index in [4.69, 9.17) is 24.2 Å². The van der Waals surface area contributed by atoms with E-state index in [1.807, 2.05) is 38.1 Å². The molecule has 2 aromatic heterocycles. The number of amides is 3. The molecule has 61 heavy (non-hydrogen) atoms. The molecule has 5 aliphatic rings. The molecule has 2 aromatic carbocycles. The molecule has 1 aliphatic carbocycles. The van der Waals surface area contributed by atoms with E-state index in [1.165, 1.54) is 7.11 Å². The van der Waals surface area contributed by atoms with Crippen LogP contribution < -0.4 is 10.1 Å². The molecule has 4 aromatic rings. The van der Waals surface area contributed by atoms with Crippen LogP contribution in [0.25, 0.3) is 33.6 Å². The lowest BCUT2D eigenvalue weighted by atomic mass is 9.80. The first-order valence-electron chi connectivity index (χ1n) is 22.5. The van der Waals surface area contributed by atoms with E-state index >= 15 is 0 Å². The second kappa shape index (κ2) is 16.6. The number of H-pyrrole nitrogens is 2. The van der Waals surface area contributed by atoms with Crippen LogP contribution in [0.4, 0.5) is 4.79 Å². The molecule has 3 saturated heterocycles. The summed E-state index contributed by atoms with van der Waals surface area (Å²) < 4.78 is 17.3. The van der Waals surface area contributed by atoms with Crippen LogP contribution in [-0.2, 0) is 25.7 Å². The minimum absolute atomic E-state index is 0.0305. The third-order valence-electron chi connectivity index (χ3n) is 14.5. The summed E-state index contributed by atoms with van der Waals surface area (Å²) in [7, 11) is 1.32. The Labute approximate surface area is 358 Å². The summed E-state index contributed by atoms with van der Waals surface area (Å²) in [5.74, 6) is 2.97. The smallest absolute Gasteiger partial charge is 0.407 e. The Morgan fingerprint density at radius 2 is 1.74 bits per heavy atom. The predicted octanol–water partition coefficient (Wildman–Crippen LogP) is 8.60. The third-order valence-corrected chi connectivity index (χ3v) is 14.5. The van der Waals surface area contributed by atoms with E-state index in [2.05, 4.69) is 70.4 Å². The molecule has 3 amide bonds. The minimum atomic E-state index is -0.693. The molecule has 3 N–H and O–H groups in total. The van der Waals surface area contributed by atoms with Crippen molar-refractivity contribution in [3.05, 3.63) is 66.0 Å². The predicted molar refractivity (Wildman–Crippen MR) is 231 cm³/mol. The zero-order valence-electron chi connectivity index (χ0n) is 36.5. The van der Waals surface area contributed by atoms with Crippen LogP contribution in [0.3, 0.4) is 0 Å². The molecule has 13 nitrogen and oxygen atoms in total. The molecular formula is C48H61N7O6. The van der Waals surface area contributed by atoms with Gasteiger partial charge in [0.2, 0.25) is 11.8 Å². The van der Waals surface area contributed by atoms with Crippen molar-refractivity contribution in [2.45, 2.75) is 117 Å². The summed E-state index contributed by atoms with van der Waals surface area (Å²) >= 11 is 0. The number of likely N-dealkylation sites (tertiary alicyclic amines) is 2. The number of fused-ring (bicyclic) bond motifs is 4. The first-order chi connectivity index (χ1) is 29.4. The molecule has 0 radical (unpaired) electrons. The lowest BCUT2D eigenvalue weighted by Crippen LogP contribution is -2.53. The van der Waals surface area contributed by atoms with Crippen LogP contribution in [0.5, 0.6) is 5.75 Å². The number of alkyl carbamates (subject to hydrolysis) is 1. The van der Waals surface area contributed by atoms with Crippen molar-refractivity contribution in [3.8, 4) is 39.4 Å². The number of methoxy groups -OCH3 is 1. The summed E-state index contributed by atoms with van der Waals surface area (Å²) in [4.78, 5) is 61.5. The number of imidazole rings is 2. The number of ether oxygens (including phenoxy) is 3. The van der Waals surface area contributed by atoms with Gasteiger partial charge in [0.15, 0.2) is 0 Å². The van der Waals surface area contributed by atoms with E-state index in [1.54, 1.807) is 0 Å². The number of aromatic amines is 2. The molecule has 6 heterocycles. The van der Waals surface area contributed by atoms with Gasteiger partial charge >= 0.3 is 6.09 Å². The Bertz CT molecular complexity index is 2270. The van der Waals surface area contributed by atoms with E-state index in [0.717, 1.165) is 115 Å². The zero-order valence-corrected chi connectivity index (χ0v) is 36.5. The number of carbonyl (C=O) groups excluding carboxylic acids is 3. The summed E-state index contributed by atoms with van der Waals surface area (Å²) in [6.07, 6.45) is 11.3. The van der Waals surface area contributed by atoms with Crippen molar-refractivity contribution >= 4 is 17.9 Å². The average molecular weight is 832 g/mol. The molecule has 13 heteroatoms. The summed E-state index contributed by atoms with van der Waals surface area (Å²) in [6, 6.07) is 11.8. The number of benzene rings is 2. The van der Waals surface area contributed by atoms with Crippen molar-refractivity contribution in [2.75, 3.05) is 26.9 Å². The van der Waals surface area contributed by atoms with Gasteiger partial charge in [0.1, 0.15) is 30.0 Å². The van der Waals surface area contributed by atoms with Crippen molar-refractivity contribution in [1.29, 1.82) is 0 Å². The van der Waals surface area contributed by atoms with E-state index in [0.29, 0.717) is 25.7 Å². The third kappa shape index (κ3) is 7.72. The van der Waals surface area contributed by atoms with Crippen molar-refractivity contribution in [2.24, 2.45) is 29.1 Å². The van der Waals surface area contributed by atoms with Gasteiger partial charge in [-0.05, 0) is 91.2 Å². The van der Waals surface area contributed by atoms with E-state index < -0.39 is 12.1 Å². The van der Waals surface area contributed by atoms with Crippen LogP contribution in [-0.4, -0.2) is 86.6 Å². The van der Waals surface area contributed by atoms with Crippen LogP contribution in [0.2, 0.25) is 0 Å². The van der Waals surface area contributed by atoms with Gasteiger partial charge in [0, 0.05) is 47.9 Å². The maximum Gasteiger partial charge on any atom is 0.407 e. The Morgan fingerprint density at radius 1 is 0.934 bits per heavy atom. The molecule has 9 rings (SSSR count). The van der Waals surface area contributed by atoms with Crippen molar-refractivity contribution in [1.82, 2.24) is 35.1 Å². The molecule has 1 saturated carbocycles. The number of carbonyl (C=O) groups is 3. The van der Waals surface area contributed by atoms with E-state index in [-0.39, 0.29) is 53.1 Å². The number of hydrogen-bond acceptors (Lipinski definition) is 8. The van der Waals surface area contributed by atoms with Gasteiger partial charge in [-0.3, -0.25) is 9.59 Å². The first-order valence-corrected chi connectivity index (χ1v) is 22.5. The number of nitrogens with one attached hydrogen (secondary N) is 3. The fraction of sp³-hybridized carbons (Fsp3) is 0.562. The van der Waals surface area contributed by atoms with Gasteiger partial charge < -0.3 is 39.3 Å². The van der Waals surface area contributed by atoms with Gasteiger partial charge in [-0.1, -0.05) is 65.7 Å². The molecule has 0 bridgehead atoms. The van der Waals surface area contributed by atoms with Gasteiger partial charge in [-0.15, -0.1) is 0 Å². The minimum Gasteiger partial charge on any atom is -0.488 e. The molecule has 0 unspecified atom stereocenters. The summed E-state index contributed by atoms with van der Waals surface area (Å²) in [5, 5.41) is 2.80. The van der Waals surface area contributed by atoms with Crippen LogP contribution in [0.1, 0.15) is 115 Å². The Hall–Kier alpha value is -5.17. The van der Waals surface area contributed by atoms with Gasteiger partial charge in [0.25, 0.3) is 0 Å². The molecule has 4 aliphatic heterocycles. The van der Waals surface area contributed by atoms with Gasteiger partial charge in [0.05, 0.1) is 43.4 Å². The second-order valence-electron chi connectivity index (χ2n) is 19.1. The monoisotopic (exact) mass is 831 g/mol. The lowest BCUT2D eigenvalue weighted by Gasteiger charge is -2.36. The lowest BCUT2D eigenvalue weighted by molar-refractivity contribution is -0.139. The van der Waals surface area contributed by atoms with Gasteiger partial charge in [-0.2, -0.15) is 0 Å². The normalized spacial score (nSPS) is 25.5. The zero-order chi connectivity index (χ0) is 42.6. The quantitative estimate of drug-likeness (QED) is 0.152. The average Bonchev–Trinajstić information content (AvgIpc) is 4.10. The highest BCUT2D eigenvalue weighted by atomic mass is 16.5. The highest BCUT2D eigenvalue weighted by Gasteiger charge is 2.50. The highest BCUT2D eigenvalue weighted by Crippen LogP contribution is 2.49. The number of rotatable bonds is 9. The molecule has 7 atom stereocenters. The Morgan fingerprint density at radius 3 is 2.51 bits per heavy atom. The van der Waals surface area contributed by atoms with Crippen molar-refractivity contribution in [3.63, 3.8) is 0 Å². The van der Waals surface area contributed by atoms with Crippen molar-refractivity contribution < 1.29 is 28.6 Å². The largest absolute Gasteiger partial charge is 0.488 e. The Balaban J connectivity index is 0.937. The first kappa shape index (κ1) is 41.2. The van der Waals surface area contributed by atoms with Crippen LogP contribution in [0.15, 0.2) is 48.8 Å². The summed E-state index contributed by atoms with van der Waals surface area (Å²) in [6.45, 7) is 12.8. The van der Waals surface area contributed by atoms with Crippen LogP contribution in [0, 0.1) is 29.1 Å². The molecule has 4 fully saturated rings.